The van der Waals surface area contributed by atoms with E-state index in [0.717, 1.165) is 31.4 Å². The topological polar surface area (TPSA) is 84.9 Å². The van der Waals surface area contributed by atoms with Gasteiger partial charge in [0, 0.05) is 30.6 Å². The number of amides is 1. The van der Waals surface area contributed by atoms with Crippen LogP contribution in [0.5, 0.6) is 11.5 Å². The summed E-state index contributed by atoms with van der Waals surface area (Å²) in [6, 6.07) is 5.35. The number of carbonyl (C=O) groups is 1. The van der Waals surface area contributed by atoms with Crippen LogP contribution in [0, 0.1) is 0 Å². The Hall–Kier alpha value is -1.80. The largest absolute Gasteiger partial charge is 0.448 e. The van der Waals surface area contributed by atoms with Gasteiger partial charge in [0.15, 0.2) is 21.3 Å². The molecule has 1 aromatic rings. The van der Waals surface area contributed by atoms with Crippen molar-refractivity contribution in [1.82, 2.24) is 4.90 Å². The predicted molar refractivity (Wildman–Crippen MR) is 102 cm³/mol. The second kappa shape index (κ2) is 6.98. The normalized spacial score (nSPS) is 25.0. The fourth-order valence-corrected chi connectivity index (χ4v) is 5.95. The van der Waals surface area contributed by atoms with E-state index in [4.69, 9.17) is 9.47 Å². The smallest absolute Gasteiger partial charge is 0.251 e. The van der Waals surface area contributed by atoms with E-state index in [2.05, 4.69) is 5.32 Å². The fourth-order valence-electron chi connectivity index (χ4n) is 4.15. The summed E-state index contributed by atoms with van der Waals surface area (Å²) in [5.41, 5.74) is 0.655. The SMILES string of the molecule is CN(CC(=O)Nc1ccc2c(c1)OC1(CCCCC1)O2)C1CCS(=O)(=O)C1. The molecule has 1 saturated carbocycles. The highest BCUT2D eigenvalue weighted by Crippen LogP contribution is 2.46. The number of hydrogen-bond acceptors (Lipinski definition) is 6. The maximum Gasteiger partial charge on any atom is 0.251 e. The number of ether oxygens (including phenoxy) is 2. The number of anilines is 1. The zero-order valence-corrected chi connectivity index (χ0v) is 16.4. The lowest BCUT2D eigenvalue weighted by Gasteiger charge is -2.31. The van der Waals surface area contributed by atoms with Gasteiger partial charge in [-0.1, -0.05) is 6.42 Å². The number of nitrogens with one attached hydrogen (secondary N) is 1. The molecule has 3 aliphatic rings. The van der Waals surface area contributed by atoms with E-state index in [1.165, 1.54) is 6.42 Å². The molecule has 0 radical (unpaired) electrons. The van der Waals surface area contributed by atoms with Crippen LogP contribution in [-0.2, 0) is 14.6 Å². The Bertz CT molecular complexity index is 833. The summed E-state index contributed by atoms with van der Waals surface area (Å²) in [7, 11) is -1.17. The van der Waals surface area contributed by atoms with Crippen LogP contribution >= 0.6 is 0 Å². The molecule has 2 heterocycles. The zero-order chi connectivity index (χ0) is 19.1. The monoisotopic (exact) mass is 394 g/mol. The minimum absolute atomic E-state index is 0.0938. The van der Waals surface area contributed by atoms with E-state index in [0.29, 0.717) is 17.9 Å². The molecule has 4 rings (SSSR count). The third-order valence-corrected chi connectivity index (χ3v) is 7.41. The van der Waals surface area contributed by atoms with Crippen LogP contribution in [0.2, 0.25) is 0 Å². The van der Waals surface area contributed by atoms with Gasteiger partial charge in [-0.3, -0.25) is 9.69 Å². The number of hydrogen-bond donors (Lipinski definition) is 1. The summed E-state index contributed by atoms with van der Waals surface area (Å²) in [5.74, 6) is 1.02. The van der Waals surface area contributed by atoms with E-state index >= 15 is 0 Å². The van der Waals surface area contributed by atoms with Crippen LogP contribution in [0.3, 0.4) is 0 Å². The zero-order valence-electron chi connectivity index (χ0n) is 15.6. The number of benzene rings is 1. The lowest BCUT2D eigenvalue weighted by atomic mass is 9.94. The molecule has 1 atom stereocenters. The minimum atomic E-state index is -2.96. The summed E-state index contributed by atoms with van der Waals surface area (Å²) in [5, 5.41) is 2.87. The van der Waals surface area contributed by atoms with Crippen molar-refractivity contribution in [2.75, 3.05) is 30.4 Å². The van der Waals surface area contributed by atoms with Crippen LogP contribution in [-0.4, -0.2) is 56.2 Å². The van der Waals surface area contributed by atoms with Gasteiger partial charge >= 0.3 is 0 Å². The lowest BCUT2D eigenvalue weighted by molar-refractivity contribution is -0.117. The van der Waals surface area contributed by atoms with Crippen molar-refractivity contribution in [1.29, 1.82) is 0 Å². The average molecular weight is 394 g/mol. The Morgan fingerprint density at radius 2 is 1.96 bits per heavy atom. The molecule has 1 aliphatic carbocycles. The van der Waals surface area contributed by atoms with Gasteiger partial charge in [0.05, 0.1) is 18.1 Å². The van der Waals surface area contributed by atoms with Gasteiger partial charge in [0.2, 0.25) is 5.91 Å². The maximum absolute atomic E-state index is 12.4. The first-order chi connectivity index (χ1) is 12.8. The minimum Gasteiger partial charge on any atom is -0.448 e. The van der Waals surface area contributed by atoms with Gasteiger partial charge in [0.25, 0.3) is 5.79 Å². The van der Waals surface area contributed by atoms with Gasteiger partial charge in [-0.15, -0.1) is 0 Å². The average Bonchev–Trinajstić information content (AvgIpc) is 3.14. The van der Waals surface area contributed by atoms with Crippen LogP contribution in [0.15, 0.2) is 18.2 Å². The molecule has 1 unspecified atom stereocenters. The Balaban J connectivity index is 1.35. The van der Waals surface area contributed by atoms with Gasteiger partial charge in [-0.2, -0.15) is 0 Å². The molecule has 2 fully saturated rings. The van der Waals surface area contributed by atoms with E-state index < -0.39 is 15.6 Å². The Morgan fingerprint density at radius 1 is 1.22 bits per heavy atom. The van der Waals surface area contributed by atoms with Gasteiger partial charge in [-0.25, -0.2) is 8.42 Å². The first-order valence-electron chi connectivity index (χ1n) is 9.57. The highest BCUT2D eigenvalue weighted by molar-refractivity contribution is 7.91. The Morgan fingerprint density at radius 3 is 2.67 bits per heavy atom. The maximum atomic E-state index is 12.4. The summed E-state index contributed by atoms with van der Waals surface area (Å²) < 4.78 is 35.4. The molecule has 27 heavy (non-hydrogen) atoms. The number of likely N-dealkylation sites (N-methyl/N-ethyl adjacent to an activating group) is 1. The summed E-state index contributed by atoms with van der Waals surface area (Å²) >= 11 is 0. The summed E-state index contributed by atoms with van der Waals surface area (Å²) in [4.78, 5) is 14.2. The molecule has 1 spiro atoms. The van der Waals surface area contributed by atoms with E-state index in [1.807, 2.05) is 17.0 Å². The van der Waals surface area contributed by atoms with Crippen molar-refractivity contribution in [2.24, 2.45) is 0 Å². The second-order valence-corrected chi connectivity index (χ2v) is 10.1. The highest BCUT2D eigenvalue weighted by Gasteiger charge is 2.42. The predicted octanol–water partition coefficient (Wildman–Crippen LogP) is 2.18. The molecule has 1 saturated heterocycles. The summed E-state index contributed by atoms with van der Waals surface area (Å²) in [6.07, 6.45) is 5.76. The molecule has 148 valence electrons. The molecule has 1 aromatic carbocycles. The standard InChI is InChI=1S/C19H26N2O5S/c1-21(15-7-10-27(23,24)13-15)12-18(22)20-14-5-6-16-17(11-14)26-19(25-16)8-3-2-4-9-19/h5-6,11,15H,2-4,7-10,12-13H2,1H3,(H,20,22). The highest BCUT2D eigenvalue weighted by atomic mass is 32.2. The molecule has 1 N–H and O–H groups in total. The van der Waals surface area contributed by atoms with E-state index in [1.54, 1.807) is 13.1 Å². The lowest BCUT2D eigenvalue weighted by Crippen LogP contribution is -2.40. The van der Waals surface area contributed by atoms with Crippen molar-refractivity contribution < 1.29 is 22.7 Å². The third kappa shape index (κ3) is 4.06. The molecule has 0 aromatic heterocycles. The number of carbonyl (C=O) groups excluding carboxylic acids is 1. The number of rotatable bonds is 4. The van der Waals surface area contributed by atoms with Crippen molar-refractivity contribution in [3.8, 4) is 11.5 Å². The van der Waals surface area contributed by atoms with Crippen molar-refractivity contribution >= 4 is 21.4 Å². The molecule has 7 nitrogen and oxygen atoms in total. The number of fused-ring (bicyclic) bond motifs is 1. The van der Waals surface area contributed by atoms with Gasteiger partial charge in [-0.05, 0) is 38.4 Å². The van der Waals surface area contributed by atoms with Gasteiger partial charge in [0.1, 0.15) is 0 Å². The van der Waals surface area contributed by atoms with Gasteiger partial charge < -0.3 is 14.8 Å². The Kier molecular flexibility index (Phi) is 4.80. The van der Waals surface area contributed by atoms with Crippen molar-refractivity contribution in [3.05, 3.63) is 18.2 Å². The fraction of sp³-hybridized carbons (Fsp3) is 0.632. The number of nitrogens with zero attached hydrogens (tertiary/aromatic N) is 1. The third-order valence-electron chi connectivity index (χ3n) is 5.66. The molecular weight excluding hydrogens is 368 g/mol. The van der Waals surface area contributed by atoms with Crippen LogP contribution in [0.1, 0.15) is 38.5 Å². The first kappa shape index (κ1) is 18.6. The molecular formula is C19H26N2O5S. The Labute approximate surface area is 159 Å². The van der Waals surface area contributed by atoms with Crippen molar-refractivity contribution in [2.45, 2.75) is 50.4 Å². The van der Waals surface area contributed by atoms with Crippen LogP contribution in [0.4, 0.5) is 5.69 Å². The van der Waals surface area contributed by atoms with Crippen LogP contribution < -0.4 is 14.8 Å². The first-order valence-corrected chi connectivity index (χ1v) is 11.4. The molecule has 2 aliphatic heterocycles. The summed E-state index contributed by atoms with van der Waals surface area (Å²) in [6.45, 7) is 0.151. The van der Waals surface area contributed by atoms with Crippen molar-refractivity contribution in [3.63, 3.8) is 0 Å². The number of sulfone groups is 1. The quantitative estimate of drug-likeness (QED) is 0.843. The second-order valence-electron chi connectivity index (χ2n) is 7.86. The van der Waals surface area contributed by atoms with E-state index in [-0.39, 0.29) is 30.0 Å². The molecule has 0 bridgehead atoms. The van der Waals surface area contributed by atoms with E-state index in [9.17, 15) is 13.2 Å². The van der Waals surface area contributed by atoms with Crippen LogP contribution in [0.25, 0.3) is 0 Å². The molecule has 1 amide bonds. The molecule has 8 heteroatoms.